The third kappa shape index (κ3) is 3.57. The van der Waals surface area contributed by atoms with Gasteiger partial charge in [-0.05, 0) is 96.9 Å². The van der Waals surface area contributed by atoms with Gasteiger partial charge in [0.25, 0.3) is 0 Å². The number of hydrogen-bond acceptors (Lipinski definition) is 6. The second-order valence-electron chi connectivity index (χ2n) is 16.1. The number of esters is 1. The highest BCUT2D eigenvalue weighted by Crippen LogP contribution is 2.75. The summed E-state index contributed by atoms with van der Waals surface area (Å²) < 4.78 is 18.1. The quantitative estimate of drug-likeness (QED) is 0.423. The van der Waals surface area contributed by atoms with E-state index in [4.69, 9.17) is 14.2 Å². The van der Waals surface area contributed by atoms with E-state index >= 15 is 0 Å². The molecule has 6 heteroatoms. The molecule has 1 unspecified atom stereocenters. The van der Waals surface area contributed by atoms with Gasteiger partial charge in [-0.3, -0.25) is 9.59 Å². The third-order valence-corrected chi connectivity index (χ3v) is 14.0. The molecule has 224 valence electrons. The largest absolute Gasteiger partial charge is 0.469 e. The Kier molecular flexibility index (Phi) is 6.59. The van der Waals surface area contributed by atoms with Gasteiger partial charge in [-0.2, -0.15) is 0 Å². The van der Waals surface area contributed by atoms with E-state index in [1.54, 1.807) is 0 Å². The van der Waals surface area contributed by atoms with Crippen LogP contribution in [0.2, 0.25) is 0 Å². The highest BCUT2D eigenvalue weighted by atomic mass is 16.7. The molecule has 1 saturated heterocycles. The summed E-state index contributed by atoms with van der Waals surface area (Å²) in [6.45, 7) is 15.4. The van der Waals surface area contributed by atoms with Gasteiger partial charge in [0, 0.05) is 24.4 Å². The average molecular weight is 557 g/mol. The van der Waals surface area contributed by atoms with Crippen molar-refractivity contribution in [3.63, 3.8) is 0 Å². The zero-order valence-corrected chi connectivity index (χ0v) is 25.9. The summed E-state index contributed by atoms with van der Waals surface area (Å²) in [7, 11) is 1.51. The first-order chi connectivity index (χ1) is 18.7. The zero-order chi connectivity index (χ0) is 28.9. The van der Waals surface area contributed by atoms with Crippen molar-refractivity contribution in [1.29, 1.82) is 0 Å². The summed E-state index contributed by atoms with van der Waals surface area (Å²) >= 11 is 0. The Bertz CT molecular complexity index is 1100. The molecule has 40 heavy (non-hydrogen) atoms. The van der Waals surface area contributed by atoms with Crippen LogP contribution in [0, 0.1) is 56.7 Å². The van der Waals surface area contributed by atoms with Crippen LogP contribution in [-0.4, -0.2) is 49.6 Å². The van der Waals surface area contributed by atoms with Crippen molar-refractivity contribution in [2.24, 2.45) is 56.7 Å². The number of allylic oxidation sites excluding steroid dienone is 2. The standard InChI is InChI=1S/C34H52O6/c1-29(2)19-22-21(23(20-29)28(37)38-7)8-10-33(6)27(22)24(36)18-26-30(3)12-13-34(39-16-17-40-34)32(5,14-15-35)25(30)9-11-31(26,33)4/h18,21-23,25,27,35H,8-17,19-20H2,1-7H3/t21?,22-,23-,25-,27+,30+,31-,32+,33-/m1/s1. The number of ether oxygens (including phenoxy) is 3. The summed E-state index contributed by atoms with van der Waals surface area (Å²) in [5.74, 6) is 0.0373. The fourth-order valence-electron chi connectivity index (χ4n) is 12.0. The second kappa shape index (κ2) is 9.13. The molecule has 0 bridgehead atoms. The van der Waals surface area contributed by atoms with Crippen molar-refractivity contribution < 1.29 is 28.9 Å². The number of carbonyl (C=O) groups is 2. The van der Waals surface area contributed by atoms with E-state index < -0.39 is 5.79 Å². The van der Waals surface area contributed by atoms with Gasteiger partial charge in [0.2, 0.25) is 0 Å². The topological polar surface area (TPSA) is 82.1 Å². The van der Waals surface area contributed by atoms with E-state index in [0.717, 1.165) is 51.4 Å². The Labute approximate surface area is 241 Å². The van der Waals surface area contributed by atoms with Crippen LogP contribution in [-0.2, 0) is 23.8 Å². The number of ketones is 1. The molecule has 0 radical (unpaired) electrons. The van der Waals surface area contributed by atoms with Crippen molar-refractivity contribution in [1.82, 2.24) is 0 Å². The fraction of sp³-hybridized carbons (Fsp3) is 0.882. The van der Waals surface area contributed by atoms with Crippen LogP contribution in [0.4, 0.5) is 0 Å². The maximum absolute atomic E-state index is 14.5. The Balaban J connectivity index is 1.43. The Morgan fingerprint density at radius 2 is 1.68 bits per heavy atom. The normalized spacial score (nSPS) is 48.9. The molecule has 1 N–H and O–H groups in total. The van der Waals surface area contributed by atoms with Gasteiger partial charge in [0.1, 0.15) is 0 Å². The molecular weight excluding hydrogens is 504 g/mol. The van der Waals surface area contributed by atoms with Crippen LogP contribution in [0.1, 0.15) is 99.3 Å². The van der Waals surface area contributed by atoms with E-state index in [1.165, 1.54) is 12.7 Å². The van der Waals surface area contributed by atoms with E-state index in [-0.39, 0.29) is 75.0 Å². The van der Waals surface area contributed by atoms with E-state index in [0.29, 0.717) is 19.6 Å². The van der Waals surface area contributed by atoms with E-state index in [9.17, 15) is 14.7 Å². The first-order valence-electron chi connectivity index (χ1n) is 16.0. The summed E-state index contributed by atoms with van der Waals surface area (Å²) in [5.41, 5.74) is 0.616. The minimum Gasteiger partial charge on any atom is -0.469 e. The number of rotatable bonds is 3. The number of methoxy groups -OCH3 is 1. The van der Waals surface area contributed by atoms with Crippen LogP contribution >= 0.6 is 0 Å². The van der Waals surface area contributed by atoms with Gasteiger partial charge in [0.15, 0.2) is 11.6 Å². The smallest absolute Gasteiger partial charge is 0.308 e. The van der Waals surface area contributed by atoms with Crippen LogP contribution in [0.5, 0.6) is 0 Å². The van der Waals surface area contributed by atoms with Crippen molar-refractivity contribution >= 4 is 11.8 Å². The molecule has 9 atom stereocenters. The molecule has 0 aromatic carbocycles. The lowest BCUT2D eigenvalue weighted by atomic mass is 9.34. The number of fused-ring (bicyclic) bond motifs is 7. The number of hydrogen-bond donors (Lipinski definition) is 1. The average Bonchev–Trinajstić information content (AvgIpc) is 3.37. The minimum absolute atomic E-state index is 0.00182. The maximum atomic E-state index is 14.5. The van der Waals surface area contributed by atoms with Crippen LogP contribution < -0.4 is 0 Å². The molecule has 4 saturated carbocycles. The molecule has 1 spiro atoms. The Morgan fingerprint density at radius 1 is 0.975 bits per heavy atom. The van der Waals surface area contributed by atoms with Gasteiger partial charge in [-0.1, -0.05) is 47.1 Å². The van der Waals surface area contributed by atoms with E-state index in [1.807, 2.05) is 0 Å². The Hall–Kier alpha value is -1.24. The lowest BCUT2D eigenvalue weighted by Crippen LogP contribution is -2.67. The van der Waals surface area contributed by atoms with Crippen molar-refractivity contribution in [2.45, 2.75) is 105 Å². The summed E-state index contributed by atoms with van der Waals surface area (Å²) in [6.07, 6.45) is 10.3. The minimum atomic E-state index is -0.645. The SMILES string of the molecule is COC(=O)[C@@H]1CC(C)(C)C[C@@H]2C1CC[C@]1(C)[C@@H]2C(=O)C=C2[C@@]3(C)CCC4(OCCO4)[C@@](C)(CCO)[C@@H]3CC[C@]21C. The highest BCUT2D eigenvalue weighted by molar-refractivity contribution is 5.95. The van der Waals surface area contributed by atoms with Crippen molar-refractivity contribution in [3.8, 4) is 0 Å². The highest BCUT2D eigenvalue weighted by Gasteiger charge is 2.72. The van der Waals surface area contributed by atoms with Crippen molar-refractivity contribution in [2.75, 3.05) is 26.9 Å². The molecule has 6 aliphatic rings. The molecule has 5 fully saturated rings. The Morgan fingerprint density at radius 3 is 2.33 bits per heavy atom. The summed E-state index contributed by atoms with van der Waals surface area (Å²) in [4.78, 5) is 27.5. The first kappa shape index (κ1) is 28.9. The van der Waals surface area contributed by atoms with Gasteiger partial charge >= 0.3 is 5.97 Å². The molecule has 1 aliphatic heterocycles. The van der Waals surface area contributed by atoms with Gasteiger partial charge in [-0.15, -0.1) is 0 Å². The second-order valence-corrected chi connectivity index (χ2v) is 16.1. The van der Waals surface area contributed by atoms with Crippen LogP contribution in [0.25, 0.3) is 0 Å². The molecule has 6 nitrogen and oxygen atoms in total. The molecule has 0 amide bonds. The van der Waals surface area contributed by atoms with Crippen LogP contribution in [0.15, 0.2) is 11.6 Å². The molecule has 6 rings (SSSR count). The number of aliphatic hydroxyl groups is 1. The fourth-order valence-corrected chi connectivity index (χ4v) is 12.0. The maximum Gasteiger partial charge on any atom is 0.308 e. The van der Waals surface area contributed by atoms with Crippen LogP contribution in [0.3, 0.4) is 0 Å². The van der Waals surface area contributed by atoms with Gasteiger partial charge in [0.05, 0.1) is 26.2 Å². The predicted octanol–water partition coefficient (Wildman–Crippen LogP) is 6.10. The zero-order valence-electron chi connectivity index (χ0n) is 25.9. The van der Waals surface area contributed by atoms with Gasteiger partial charge < -0.3 is 19.3 Å². The predicted molar refractivity (Wildman–Crippen MR) is 152 cm³/mol. The van der Waals surface area contributed by atoms with Gasteiger partial charge in [-0.25, -0.2) is 0 Å². The molecule has 1 heterocycles. The molecule has 0 aromatic heterocycles. The van der Waals surface area contributed by atoms with Crippen molar-refractivity contribution in [3.05, 3.63) is 11.6 Å². The lowest BCUT2D eigenvalue weighted by Gasteiger charge is -2.70. The summed E-state index contributed by atoms with van der Waals surface area (Å²) in [6, 6.07) is 0. The summed E-state index contributed by atoms with van der Waals surface area (Å²) in [5, 5.41) is 10.2. The number of carbonyl (C=O) groups excluding carboxylic acids is 2. The molecule has 0 aromatic rings. The third-order valence-electron chi connectivity index (χ3n) is 14.0. The monoisotopic (exact) mass is 556 g/mol. The first-order valence-corrected chi connectivity index (χ1v) is 16.0. The molecular formula is C34H52O6. The molecule has 5 aliphatic carbocycles. The van der Waals surface area contributed by atoms with E-state index in [2.05, 4.69) is 47.6 Å². The number of aliphatic hydroxyl groups excluding tert-OH is 1. The lowest BCUT2D eigenvalue weighted by molar-refractivity contribution is -0.297.